The zero-order chi connectivity index (χ0) is 22.0. The lowest BCUT2D eigenvalue weighted by Gasteiger charge is -2.18. The minimum atomic E-state index is -0.407. The molecule has 1 fully saturated rings. The Labute approximate surface area is 189 Å². The van der Waals surface area contributed by atoms with Gasteiger partial charge in [-0.05, 0) is 37.1 Å². The van der Waals surface area contributed by atoms with Gasteiger partial charge < -0.3 is 5.32 Å². The normalized spacial score (nSPS) is 15.0. The molecule has 1 aromatic carbocycles. The molecule has 1 saturated heterocycles. The van der Waals surface area contributed by atoms with Gasteiger partial charge in [0.2, 0.25) is 0 Å². The molecule has 0 aliphatic carbocycles. The van der Waals surface area contributed by atoms with Gasteiger partial charge in [0.25, 0.3) is 11.5 Å². The van der Waals surface area contributed by atoms with E-state index < -0.39 is 5.56 Å². The average molecular weight is 459 g/mol. The lowest BCUT2D eigenvalue weighted by molar-refractivity contribution is -0.121. The summed E-state index contributed by atoms with van der Waals surface area (Å²) in [4.78, 5) is 27.3. The van der Waals surface area contributed by atoms with Crippen molar-refractivity contribution in [3.05, 3.63) is 66.8 Å². The fourth-order valence-corrected chi connectivity index (χ4v) is 4.74. The van der Waals surface area contributed by atoms with Gasteiger partial charge in [0.15, 0.2) is 0 Å². The number of anilines is 1. The Balaban J connectivity index is 2.13. The van der Waals surface area contributed by atoms with Gasteiger partial charge in [-0.25, -0.2) is 0 Å². The van der Waals surface area contributed by atoms with E-state index in [4.69, 9.17) is 23.8 Å². The molecule has 3 rings (SSSR count). The molecule has 1 aliphatic rings. The first-order chi connectivity index (χ1) is 14.3. The molecule has 0 bridgehead atoms. The topological polar surface area (TPSA) is 78.1 Å². The molecule has 6 nitrogen and oxygen atoms in total. The first kappa shape index (κ1) is 22.1. The molecule has 1 aromatic heterocycles. The lowest BCUT2D eigenvalue weighted by atomic mass is 10.0. The third kappa shape index (κ3) is 4.01. The molecule has 0 spiro atoms. The smallest absolute Gasteiger partial charge is 0.270 e. The van der Waals surface area contributed by atoms with Crippen molar-refractivity contribution in [1.29, 1.82) is 5.26 Å². The standard InChI is InChI=1S/C21H19ClN4O2S2/c1-4-26-20(28)17(30-21(26)29)9-14-12(2)15(10-23)19(27)25(3)18(14)24-11-13-7-5-6-8-16(13)22/h5-9,24H,4,11H2,1-3H3/b17-9+. The van der Waals surface area contributed by atoms with Crippen molar-refractivity contribution < 1.29 is 4.79 Å². The van der Waals surface area contributed by atoms with Gasteiger partial charge in [0.05, 0.1) is 4.91 Å². The van der Waals surface area contributed by atoms with Crippen LogP contribution < -0.4 is 10.9 Å². The van der Waals surface area contributed by atoms with E-state index in [9.17, 15) is 14.9 Å². The predicted octanol–water partition coefficient (Wildman–Crippen LogP) is 4.05. The SMILES string of the molecule is CCN1C(=O)/C(=C\c2c(C)c(C#N)c(=O)n(C)c2NCc2ccccc2Cl)SC1=S. The maximum atomic E-state index is 12.7. The minimum Gasteiger partial charge on any atom is -0.367 e. The molecule has 1 N–H and O–H groups in total. The number of thioether (sulfide) groups is 1. The van der Waals surface area contributed by atoms with Crippen LogP contribution in [0.5, 0.6) is 0 Å². The maximum absolute atomic E-state index is 12.7. The Morgan fingerprint density at radius 1 is 1.33 bits per heavy atom. The van der Waals surface area contributed by atoms with Crippen molar-refractivity contribution in [2.24, 2.45) is 7.05 Å². The summed E-state index contributed by atoms with van der Waals surface area (Å²) in [6.07, 6.45) is 1.69. The number of nitriles is 1. The molecule has 9 heteroatoms. The maximum Gasteiger partial charge on any atom is 0.270 e. The van der Waals surface area contributed by atoms with E-state index in [1.165, 1.54) is 21.2 Å². The number of benzene rings is 1. The minimum absolute atomic E-state index is 0.0398. The monoisotopic (exact) mass is 458 g/mol. The second kappa shape index (κ2) is 9.04. The molecule has 1 aliphatic heterocycles. The zero-order valence-corrected chi connectivity index (χ0v) is 19.0. The molecule has 0 radical (unpaired) electrons. The van der Waals surface area contributed by atoms with Gasteiger partial charge in [-0.15, -0.1) is 0 Å². The number of aromatic nitrogens is 1. The van der Waals surface area contributed by atoms with Gasteiger partial charge in [-0.2, -0.15) is 5.26 Å². The highest BCUT2D eigenvalue weighted by Crippen LogP contribution is 2.34. The van der Waals surface area contributed by atoms with Crippen molar-refractivity contribution in [1.82, 2.24) is 9.47 Å². The van der Waals surface area contributed by atoms with Crippen molar-refractivity contribution in [3.8, 4) is 6.07 Å². The van der Waals surface area contributed by atoms with Crippen LogP contribution in [0.2, 0.25) is 5.02 Å². The first-order valence-electron chi connectivity index (χ1n) is 9.16. The number of hydrogen-bond acceptors (Lipinski definition) is 6. The van der Waals surface area contributed by atoms with Crippen LogP contribution in [0, 0.1) is 18.3 Å². The first-order valence-corrected chi connectivity index (χ1v) is 10.8. The quantitative estimate of drug-likeness (QED) is 0.538. The number of carbonyl (C=O) groups is 1. The molecule has 2 heterocycles. The van der Waals surface area contributed by atoms with Gasteiger partial charge in [-0.1, -0.05) is 53.8 Å². The number of halogens is 1. The van der Waals surface area contributed by atoms with Crippen LogP contribution in [-0.4, -0.2) is 26.2 Å². The molecule has 1 amide bonds. The molecular weight excluding hydrogens is 440 g/mol. The highest BCUT2D eigenvalue weighted by molar-refractivity contribution is 8.26. The number of likely N-dealkylation sites (N-methyl/N-ethyl adjacent to an activating group) is 1. The van der Waals surface area contributed by atoms with E-state index in [-0.39, 0.29) is 11.5 Å². The molecule has 0 unspecified atom stereocenters. The summed E-state index contributed by atoms with van der Waals surface area (Å²) in [6, 6.07) is 9.38. The van der Waals surface area contributed by atoms with Crippen molar-refractivity contribution >= 4 is 57.7 Å². The predicted molar refractivity (Wildman–Crippen MR) is 125 cm³/mol. The van der Waals surface area contributed by atoms with Gasteiger partial charge in [0, 0.05) is 30.7 Å². The van der Waals surface area contributed by atoms with Gasteiger partial charge in [-0.3, -0.25) is 19.1 Å². The van der Waals surface area contributed by atoms with E-state index in [2.05, 4.69) is 5.32 Å². The number of carbonyl (C=O) groups excluding carboxylic acids is 1. The summed E-state index contributed by atoms with van der Waals surface area (Å²) in [6.45, 7) is 4.41. The number of nitrogens with zero attached hydrogens (tertiary/aromatic N) is 3. The Morgan fingerprint density at radius 3 is 2.63 bits per heavy atom. The lowest BCUT2D eigenvalue weighted by Crippen LogP contribution is -2.27. The molecule has 154 valence electrons. The van der Waals surface area contributed by atoms with Gasteiger partial charge >= 0.3 is 0 Å². The second-order valence-electron chi connectivity index (χ2n) is 6.61. The number of rotatable bonds is 5. The van der Waals surface area contributed by atoms with Crippen molar-refractivity contribution in [3.63, 3.8) is 0 Å². The zero-order valence-electron chi connectivity index (χ0n) is 16.7. The van der Waals surface area contributed by atoms with E-state index in [0.717, 1.165) is 5.56 Å². The highest BCUT2D eigenvalue weighted by atomic mass is 35.5. The van der Waals surface area contributed by atoms with Crippen LogP contribution in [0.3, 0.4) is 0 Å². The Hall–Kier alpha value is -2.60. The van der Waals surface area contributed by atoms with E-state index >= 15 is 0 Å². The van der Waals surface area contributed by atoms with Crippen LogP contribution in [-0.2, 0) is 18.4 Å². The molecular formula is C21H19ClN4O2S2. The van der Waals surface area contributed by atoms with Crippen LogP contribution in [0.15, 0.2) is 34.0 Å². The van der Waals surface area contributed by atoms with E-state index in [1.54, 1.807) is 26.1 Å². The van der Waals surface area contributed by atoms with Crippen molar-refractivity contribution in [2.75, 3.05) is 11.9 Å². The summed E-state index contributed by atoms with van der Waals surface area (Å²) in [5.74, 6) is 0.314. The third-order valence-corrected chi connectivity index (χ3v) is 6.62. The third-order valence-electron chi connectivity index (χ3n) is 4.87. The van der Waals surface area contributed by atoms with Crippen molar-refractivity contribution in [2.45, 2.75) is 20.4 Å². The number of hydrogen-bond donors (Lipinski definition) is 1. The average Bonchev–Trinajstić information content (AvgIpc) is 2.99. The fraction of sp³-hybridized carbons (Fsp3) is 0.238. The summed E-state index contributed by atoms with van der Waals surface area (Å²) in [7, 11) is 1.59. The summed E-state index contributed by atoms with van der Waals surface area (Å²) in [5.41, 5.74) is 1.59. The van der Waals surface area contributed by atoms with Crippen LogP contribution in [0.4, 0.5) is 5.82 Å². The highest BCUT2D eigenvalue weighted by Gasteiger charge is 2.31. The van der Waals surface area contributed by atoms with Crippen LogP contribution >= 0.6 is 35.6 Å². The summed E-state index contributed by atoms with van der Waals surface area (Å²) in [5, 5.41) is 13.4. The van der Waals surface area contributed by atoms with E-state index in [1.807, 2.05) is 31.2 Å². The van der Waals surface area contributed by atoms with Crippen LogP contribution in [0.1, 0.15) is 29.2 Å². The summed E-state index contributed by atoms with van der Waals surface area (Å²) < 4.78 is 1.87. The number of pyridine rings is 1. The summed E-state index contributed by atoms with van der Waals surface area (Å²) >= 11 is 12.8. The van der Waals surface area contributed by atoms with Gasteiger partial charge in [0.1, 0.15) is 21.8 Å². The molecule has 2 aromatic rings. The fourth-order valence-electron chi connectivity index (χ4n) is 3.17. The van der Waals surface area contributed by atoms with Crippen LogP contribution in [0.25, 0.3) is 6.08 Å². The second-order valence-corrected chi connectivity index (χ2v) is 8.69. The number of amides is 1. The molecule has 0 saturated carbocycles. The molecule has 0 atom stereocenters. The Bertz CT molecular complexity index is 1180. The number of nitrogens with one attached hydrogen (secondary N) is 1. The molecule has 30 heavy (non-hydrogen) atoms. The number of thiocarbonyl (C=S) groups is 1. The van der Waals surface area contributed by atoms with E-state index in [0.29, 0.717) is 44.3 Å². The Morgan fingerprint density at radius 2 is 2.03 bits per heavy atom. The largest absolute Gasteiger partial charge is 0.367 e. The Kier molecular flexibility index (Phi) is 6.66.